The molecular formula is C12H17ClN4. The van der Waals surface area contributed by atoms with E-state index in [0.29, 0.717) is 6.04 Å². The van der Waals surface area contributed by atoms with Gasteiger partial charge in [0.2, 0.25) is 0 Å². The van der Waals surface area contributed by atoms with Gasteiger partial charge in [-0.3, -0.25) is 9.88 Å². The van der Waals surface area contributed by atoms with Gasteiger partial charge in [-0.2, -0.15) is 0 Å². The molecule has 1 N–H and O–H groups in total. The number of halogens is 1. The summed E-state index contributed by atoms with van der Waals surface area (Å²) in [6.07, 6.45) is 3.52. The van der Waals surface area contributed by atoms with E-state index in [9.17, 15) is 0 Å². The second kappa shape index (κ2) is 4.80. The largest absolute Gasteiger partial charge is 0.367 e. The maximum Gasteiger partial charge on any atom is 0.0822 e. The van der Waals surface area contributed by atoms with Gasteiger partial charge < -0.3 is 10.2 Å². The third-order valence-corrected chi connectivity index (χ3v) is 3.91. The number of piperazine rings is 1. The molecule has 5 heteroatoms. The van der Waals surface area contributed by atoms with Crippen molar-refractivity contribution in [1.29, 1.82) is 0 Å². The number of nitrogens with zero attached hydrogens (tertiary/aromatic N) is 3. The molecule has 3 rings (SSSR count). The molecule has 0 aromatic carbocycles. The molecule has 0 atom stereocenters. The number of hydrogen-bond acceptors (Lipinski definition) is 4. The highest BCUT2D eigenvalue weighted by molar-refractivity contribution is 6.33. The van der Waals surface area contributed by atoms with Crippen molar-refractivity contribution in [1.82, 2.24) is 15.2 Å². The molecule has 4 nitrogen and oxygen atoms in total. The molecule has 1 aromatic rings. The van der Waals surface area contributed by atoms with E-state index >= 15 is 0 Å². The average Bonchev–Trinajstić information content (AvgIpc) is 2.31. The van der Waals surface area contributed by atoms with Crippen LogP contribution < -0.4 is 10.2 Å². The smallest absolute Gasteiger partial charge is 0.0822 e. The zero-order chi connectivity index (χ0) is 11.7. The SMILES string of the molecule is Clc1cnccc1N1CC(N2CCNCC2)C1. The third-order valence-electron chi connectivity index (χ3n) is 3.62. The van der Waals surface area contributed by atoms with Gasteiger partial charge in [0.25, 0.3) is 0 Å². The van der Waals surface area contributed by atoms with Crippen molar-refractivity contribution in [2.75, 3.05) is 44.2 Å². The number of hydrogen-bond donors (Lipinski definition) is 1. The van der Waals surface area contributed by atoms with Crippen molar-refractivity contribution in [3.05, 3.63) is 23.5 Å². The lowest BCUT2D eigenvalue weighted by atomic mass is 10.1. The first-order valence-corrected chi connectivity index (χ1v) is 6.51. The number of anilines is 1. The summed E-state index contributed by atoms with van der Waals surface area (Å²) in [6.45, 7) is 6.75. The minimum atomic E-state index is 0.696. The number of rotatable bonds is 2. The van der Waals surface area contributed by atoms with Crippen LogP contribution in [0.25, 0.3) is 0 Å². The molecule has 0 bridgehead atoms. The molecule has 2 fully saturated rings. The molecule has 0 radical (unpaired) electrons. The molecule has 2 aliphatic heterocycles. The summed E-state index contributed by atoms with van der Waals surface area (Å²) in [5.41, 5.74) is 1.12. The van der Waals surface area contributed by atoms with E-state index in [0.717, 1.165) is 36.9 Å². The van der Waals surface area contributed by atoms with Gasteiger partial charge in [0.1, 0.15) is 0 Å². The van der Waals surface area contributed by atoms with E-state index in [2.05, 4.69) is 20.1 Å². The van der Waals surface area contributed by atoms with Crippen molar-refractivity contribution in [2.24, 2.45) is 0 Å². The first-order chi connectivity index (χ1) is 8.34. The molecule has 0 saturated carbocycles. The molecule has 2 saturated heterocycles. The highest BCUT2D eigenvalue weighted by Crippen LogP contribution is 2.29. The molecule has 2 aliphatic rings. The predicted octanol–water partition coefficient (Wildman–Crippen LogP) is 0.829. The lowest BCUT2D eigenvalue weighted by Gasteiger charge is -2.48. The summed E-state index contributed by atoms with van der Waals surface area (Å²) in [7, 11) is 0. The Morgan fingerprint density at radius 2 is 2.06 bits per heavy atom. The first-order valence-electron chi connectivity index (χ1n) is 6.14. The van der Waals surface area contributed by atoms with E-state index in [1.807, 2.05) is 6.07 Å². The Morgan fingerprint density at radius 1 is 1.29 bits per heavy atom. The van der Waals surface area contributed by atoms with E-state index < -0.39 is 0 Å². The minimum absolute atomic E-state index is 0.696. The van der Waals surface area contributed by atoms with Crippen molar-refractivity contribution in [3.63, 3.8) is 0 Å². The van der Waals surface area contributed by atoms with Gasteiger partial charge in [0.15, 0.2) is 0 Å². The third kappa shape index (κ3) is 2.25. The average molecular weight is 253 g/mol. The van der Waals surface area contributed by atoms with E-state index in [-0.39, 0.29) is 0 Å². The highest BCUT2D eigenvalue weighted by Gasteiger charge is 2.33. The number of pyridine rings is 1. The summed E-state index contributed by atoms with van der Waals surface area (Å²) >= 11 is 6.14. The molecule has 0 aliphatic carbocycles. The van der Waals surface area contributed by atoms with Crippen LogP contribution in [0.4, 0.5) is 5.69 Å². The summed E-state index contributed by atoms with van der Waals surface area (Å²) in [6, 6.07) is 2.69. The fraction of sp³-hybridized carbons (Fsp3) is 0.583. The Hall–Kier alpha value is -0.840. The van der Waals surface area contributed by atoms with Gasteiger partial charge in [0, 0.05) is 57.7 Å². The predicted molar refractivity (Wildman–Crippen MR) is 69.7 cm³/mol. The van der Waals surface area contributed by atoms with Crippen molar-refractivity contribution in [3.8, 4) is 0 Å². The Kier molecular flexibility index (Phi) is 3.18. The lowest BCUT2D eigenvalue weighted by molar-refractivity contribution is 0.147. The Bertz CT molecular complexity index is 386. The van der Waals surface area contributed by atoms with Crippen LogP contribution in [-0.2, 0) is 0 Å². The quantitative estimate of drug-likeness (QED) is 0.845. The van der Waals surface area contributed by atoms with Crippen LogP contribution in [0.5, 0.6) is 0 Å². The molecule has 0 amide bonds. The van der Waals surface area contributed by atoms with Crippen LogP contribution >= 0.6 is 11.6 Å². The second-order valence-electron chi connectivity index (χ2n) is 4.67. The Morgan fingerprint density at radius 3 is 2.76 bits per heavy atom. The summed E-state index contributed by atoms with van der Waals surface area (Å²) < 4.78 is 0. The van der Waals surface area contributed by atoms with E-state index in [4.69, 9.17) is 11.6 Å². The Labute approximate surface area is 107 Å². The van der Waals surface area contributed by atoms with Crippen LogP contribution in [0, 0.1) is 0 Å². The molecule has 0 unspecified atom stereocenters. The van der Waals surface area contributed by atoms with Gasteiger partial charge in [-0.15, -0.1) is 0 Å². The van der Waals surface area contributed by atoms with E-state index in [1.165, 1.54) is 13.1 Å². The fourth-order valence-electron chi connectivity index (χ4n) is 2.55. The monoisotopic (exact) mass is 252 g/mol. The van der Waals surface area contributed by atoms with Crippen LogP contribution in [0.15, 0.2) is 18.5 Å². The zero-order valence-corrected chi connectivity index (χ0v) is 10.5. The van der Waals surface area contributed by atoms with Gasteiger partial charge >= 0.3 is 0 Å². The summed E-state index contributed by atoms with van der Waals surface area (Å²) in [5.74, 6) is 0. The fourth-order valence-corrected chi connectivity index (χ4v) is 2.79. The lowest BCUT2D eigenvalue weighted by Crippen LogP contribution is -2.62. The second-order valence-corrected chi connectivity index (χ2v) is 5.08. The standard InChI is InChI=1S/C12H17ClN4/c13-11-7-15-2-1-12(11)17-8-10(9-17)16-5-3-14-4-6-16/h1-2,7,10,14H,3-6,8-9H2. The topological polar surface area (TPSA) is 31.4 Å². The maximum atomic E-state index is 6.14. The molecule has 3 heterocycles. The molecule has 17 heavy (non-hydrogen) atoms. The molecular weight excluding hydrogens is 236 g/mol. The van der Waals surface area contributed by atoms with E-state index in [1.54, 1.807) is 12.4 Å². The van der Waals surface area contributed by atoms with Crippen LogP contribution in [0.2, 0.25) is 5.02 Å². The van der Waals surface area contributed by atoms with Gasteiger partial charge in [-0.1, -0.05) is 11.6 Å². The summed E-state index contributed by atoms with van der Waals surface area (Å²) in [5, 5.41) is 4.14. The first kappa shape index (κ1) is 11.3. The summed E-state index contributed by atoms with van der Waals surface area (Å²) in [4.78, 5) is 8.92. The van der Waals surface area contributed by atoms with Crippen molar-refractivity contribution in [2.45, 2.75) is 6.04 Å². The van der Waals surface area contributed by atoms with Crippen molar-refractivity contribution < 1.29 is 0 Å². The van der Waals surface area contributed by atoms with Gasteiger partial charge in [-0.25, -0.2) is 0 Å². The minimum Gasteiger partial charge on any atom is -0.367 e. The molecule has 1 aromatic heterocycles. The normalized spacial score (nSPS) is 22.5. The zero-order valence-electron chi connectivity index (χ0n) is 9.77. The van der Waals surface area contributed by atoms with Crippen LogP contribution in [-0.4, -0.2) is 55.2 Å². The van der Waals surface area contributed by atoms with Crippen molar-refractivity contribution >= 4 is 17.3 Å². The number of aromatic nitrogens is 1. The Balaban J connectivity index is 1.59. The van der Waals surface area contributed by atoms with Gasteiger partial charge in [0.05, 0.1) is 10.7 Å². The van der Waals surface area contributed by atoms with Gasteiger partial charge in [-0.05, 0) is 6.07 Å². The van der Waals surface area contributed by atoms with Crippen LogP contribution in [0.1, 0.15) is 0 Å². The molecule has 92 valence electrons. The van der Waals surface area contributed by atoms with Crippen LogP contribution in [0.3, 0.4) is 0 Å². The molecule has 0 spiro atoms. The number of nitrogens with one attached hydrogen (secondary N) is 1. The maximum absolute atomic E-state index is 6.14. The highest BCUT2D eigenvalue weighted by atomic mass is 35.5.